The number of carbonyl (C=O) groups is 2. The minimum atomic E-state index is -1.09. The number of hydrogen-bond donors (Lipinski definition) is 3. The fourth-order valence-electron chi connectivity index (χ4n) is 1.18. The van der Waals surface area contributed by atoms with Crippen molar-refractivity contribution in [1.29, 1.82) is 5.26 Å². The summed E-state index contributed by atoms with van der Waals surface area (Å²) in [6, 6.07) is 7.34. The lowest BCUT2D eigenvalue weighted by molar-refractivity contribution is -0.138. The third-order valence-corrected chi connectivity index (χ3v) is 2.66. The van der Waals surface area contributed by atoms with Crippen LogP contribution in [-0.4, -0.2) is 23.0 Å². The number of amides is 1. The van der Waals surface area contributed by atoms with E-state index in [1.54, 1.807) is 30.3 Å². The molecule has 1 rings (SSSR count). The summed E-state index contributed by atoms with van der Waals surface area (Å²) in [5, 5.41) is 22.8. The zero-order valence-electron chi connectivity index (χ0n) is 10.6. The second kappa shape index (κ2) is 7.16. The number of carbonyl (C=O) groups excluding carboxylic acids is 1. The lowest BCUT2D eigenvalue weighted by Crippen LogP contribution is -2.30. The molecule has 7 heteroatoms. The van der Waals surface area contributed by atoms with Gasteiger partial charge in [-0.15, -0.1) is 0 Å². The third-order valence-electron chi connectivity index (χ3n) is 2.34. The average Bonchev–Trinajstić information content (AvgIpc) is 2.41. The van der Waals surface area contributed by atoms with Gasteiger partial charge < -0.3 is 15.7 Å². The van der Waals surface area contributed by atoms with E-state index in [4.69, 9.17) is 22.0 Å². The Morgan fingerprint density at radius 2 is 2.10 bits per heavy atom. The number of nitrogens with one attached hydrogen (secondary N) is 2. The second-order valence-corrected chi connectivity index (χ2v) is 4.24. The van der Waals surface area contributed by atoms with Crippen molar-refractivity contribution >= 4 is 29.2 Å². The van der Waals surface area contributed by atoms with Gasteiger partial charge in [0.15, 0.2) is 0 Å². The molecular formula is C13H12ClN3O3. The van der Waals surface area contributed by atoms with Crippen LogP contribution in [0.5, 0.6) is 0 Å². The van der Waals surface area contributed by atoms with Crippen LogP contribution in [0.25, 0.3) is 0 Å². The Balaban J connectivity index is 2.79. The molecule has 0 aliphatic heterocycles. The van der Waals surface area contributed by atoms with Crippen LogP contribution < -0.4 is 10.6 Å². The first-order chi connectivity index (χ1) is 9.45. The van der Waals surface area contributed by atoms with Gasteiger partial charge in [-0.3, -0.25) is 9.59 Å². The first-order valence-electron chi connectivity index (χ1n) is 5.60. The van der Waals surface area contributed by atoms with E-state index in [1.165, 1.54) is 6.92 Å². The highest BCUT2D eigenvalue weighted by atomic mass is 35.5. The van der Waals surface area contributed by atoms with Crippen molar-refractivity contribution < 1.29 is 14.7 Å². The Hall–Kier alpha value is -2.52. The number of benzene rings is 1. The normalized spacial score (nSPS) is 12.2. The van der Waals surface area contributed by atoms with E-state index in [-0.39, 0.29) is 5.57 Å². The van der Waals surface area contributed by atoms with Crippen molar-refractivity contribution in [2.24, 2.45) is 0 Å². The summed E-state index contributed by atoms with van der Waals surface area (Å²) in [6.07, 6.45) is 1.06. The van der Waals surface area contributed by atoms with Gasteiger partial charge >= 0.3 is 5.97 Å². The maximum Gasteiger partial charge on any atom is 0.325 e. The second-order valence-electron chi connectivity index (χ2n) is 3.83. The molecule has 0 saturated carbocycles. The monoisotopic (exact) mass is 293 g/mol. The topological polar surface area (TPSA) is 102 Å². The molecule has 6 nitrogen and oxygen atoms in total. The number of rotatable bonds is 5. The van der Waals surface area contributed by atoms with Crippen LogP contribution in [0.4, 0.5) is 5.69 Å². The third kappa shape index (κ3) is 4.30. The summed E-state index contributed by atoms with van der Waals surface area (Å²) < 4.78 is 0. The largest absolute Gasteiger partial charge is 0.480 e. The predicted octanol–water partition coefficient (Wildman–Crippen LogP) is 1.75. The Kier molecular flexibility index (Phi) is 5.56. The lowest BCUT2D eigenvalue weighted by Gasteiger charge is -2.08. The summed E-state index contributed by atoms with van der Waals surface area (Å²) >= 11 is 5.87. The minimum Gasteiger partial charge on any atom is -0.480 e. The molecule has 3 N–H and O–H groups in total. The summed E-state index contributed by atoms with van der Waals surface area (Å²) in [4.78, 5) is 22.4. The van der Waals surface area contributed by atoms with Gasteiger partial charge in [-0.1, -0.05) is 23.7 Å². The fraction of sp³-hybridized carbons (Fsp3) is 0.154. The van der Waals surface area contributed by atoms with Gasteiger partial charge in [0, 0.05) is 6.20 Å². The van der Waals surface area contributed by atoms with E-state index in [0.29, 0.717) is 10.7 Å². The lowest BCUT2D eigenvalue weighted by atomic mass is 10.2. The smallest absolute Gasteiger partial charge is 0.325 e. The van der Waals surface area contributed by atoms with Gasteiger partial charge in [-0.2, -0.15) is 5.26 Å². The summed E-state index contributed by atoms with van der Waals surface area (Å²) in [7, 11) is 0. The van der Waals surface area contributed by atoms with Crippen LogP contribution in [0.3, 0.4) is 0 Å². The zero-order chi connectivity index (χ0) is 15.1. The number of para-hydroxylation sites is 1. The molecule has 0 fully saturated rings. The van der Waals surface area contributed by atoms with E-state index in [9.17, 15) is 9.59 Å². The van der Waals surface area contributed by atoms with Crippen molar-refractivity contribution in [3.8, 4) is 6.07 Å². The Morgan fingerprint density at radius 3 is 2.65 bits per heavy atom. The Bertz CT molecular complexity index is 593. The number of nitriles is 1. The van der Waals surface area contributed by atoms with Crippen LogP contribution in [0.2, 0.25) is 5.02 Å². The zero-order valence-corrected chi connectivity index (χ0v) is 11.3. The molecule has 1 unspecified atom stereocenters. The van der Waals surface area contributed by atoms with Crippen LogP contribution in [-0.2, 0) is 9.59 Å². The SMILES string of the molecule is CC(N/C=C(/C#N)C(=O)Nc1ccccc1Cl)C(=O)O. The number of nitrogens with zero attached hydrogens (tertiary/aromatic N) is 1. The van der Waals surface area contributed by atoms with Gasteiger partial charge in [-0.25, -0.2) is 0 Å². The van der Waals surface area contributed by atoms with Gasteiger partial charge in [0.1, 0.15) is 17.7 Å². The number of carboxylic acid groups (broad SMARTS) is 1. The highest BCUT2D eigenvalue weighted by Crippen LogP contribution is 2.20. The van der Waals surface area contributed by atoms with E-state index in [0.717, 1.165) is 6.20 Å². The average molecular weight is 294 g/mol. The van der Waals surface area contributed by atoms with E-state index >= 15 is 0 Å². The molecule has 0 aromatic heterocycles. The number of carboxylic acids is 1. The van der Waals surface area contributed by atoms with Crippen LogP contribution in [0, 0.1) is 11.3 Å². The van der Waals surface area contributed by atoms with Crippen molar-refractivity contribution in [2.75, 3.05) is 5.32 Å². The van der Waals surface area contributed by atoms with Crippen molar-refractivity contribution in [1.82, 2.24) is 5.32 Å². The number of halogens is 1. The maximum atomic E-state index is 11.8. The molecule has 0 saturated heterocycles. The predicted molar refractivity (Wildman–Crippen MR) is 74.0 cm³/mol. The Morgan fingerprint density at radius 1 is 1.45 bits per heavy atom. The molecule has 1 atom stereocenters. The van der Waals surface area contributed by atoms with Crippen molar-refractivity contribution in [3.05, 3.63) is 41.1 Å². The number of aliphatic carboxylic acids is 1. The molecule has 0 bridgehead atoms. The highest BCUT2D eigenvalue weighted by Gasteiger charge is 2.13. The standard InChI is InChI=1S/C13H12ClN3O3/c1-8(13(19)20)16-7-9(6-15)12(18)17-11-5-3-2-4-10(11)14/h2-5,7-8,16H,1H3,(H,17,18)(H,19,20)/b9-7-. The number of anilines is 1. The summed E-state index contributed by atoms with van der Waals surface area (Å²) in [5.74, 6) is -1.77. The molecule has 0 spiro atoms. The van der Waals surface area contributed by atoms with E-state index < -0.39 is 17.9 Å². The molecule has 0 heterocycles. The first kappa shape index (κ1) is 15.5. The van der Waals surface area contributed by atoms with Crippen molar-refractivity contribution in [3.63, 3.8) is 0 Å². The van der Waals surface area contributed by atoms with Crippen LogP contribution >= 0.6 is 11.6 Å². The molecule has 104 valence electrons. The summed E-state index contributed by atoms with van der Waals surface area (Å²) in [6.45, 7) is 1.39. The highest BCUT2D eigenvalue weighted by molar-refractivity contribution is 6.33. The number of hydrogen-bond acceptors (Lipinski definition) is 4. The molecule has 1 aromatic carbocycles. The van der Waals surface area contributed by atoms with Crippen molar-refractivity contribution in [2.45, 2.75) is 13.0 Å². The fourth-order valence-corrected chi connectivity index (χ4v) is 1.36. The van der Waals surface area contributed by atoms with Gasteiger partial charge in [0.2, 0.25) is 0 Å². The van der Waals surface area contributed by atoms with E-state index in [2.05, 4.69) is 10.6 Å². The molecule has 0 aliphatic carbocycles. The van der Waals surface area contributed by atoms with Gasteiger partial charge in [0.25, 0.3) is 5.91 Å². The minimum absolute atomic E-state index is 0.252. The quantitative estimate of drug-likeness (QED) is 0.567. The molecule has 1 aromatic rings. The van der Waals surface area contributed by atoms with Gasteiger partial charge in [0.05, 0.1) is 10.7 Å². The Labute approximate surface area is 120 Å². The van der Waals surface area contributed by atoms with E-state index in [1.807, 2.05) is 0 Å². The summed E-state index contributed by atoms with van der Waals surface area (Å²) in [5.41, 5.74) is 0.115. The molecule has 20 heavy (non-hydrogen) atoms. The van der Waals surface area contributed by atoms with Crippen LogP contribution in [0.15, 0.2) is 36.0 Å². The van der Waals surface area contributed by atoms with Crippen LogP contribution in [0.1, 0.15) is 6.92 Å². The molecular weight excluding hydrogens is 282 g/mol. The molecule has 0 aliphatic rings. The molecule has 0 radical (unpaired) electrons. The van der Waals surface area contributed by atoms with Gasteiger partial charge in [-0.05, 0) is 19.1 Å². The first-order valence-corrected chi connectivity index (χ1v) is 5.98. The maximum absolute atomic E-state index is 11.8. The molecule has 1 amide bonds.